The molecule has 2 amide bonds. The van der Waals surface area contributed by atoms with Gasteiger partial charge in [-0.3, -0.25) is 0 Å². The molecule has 0 aliphatic carbocycles. The van der Waals surface area contributed by atoms with E-state index >= 15 is 0 Å². The molecule has 1 N–H and O–H groups in total. The summed E-state index contributed by atoms with van der Waals surface area (Å²) in [5.41, 5.74) is 5.04. The number of benzene rings is 3. The number of aliphatic imine (C=N–C) groups is 1. The number of hydrogen-bond donors (Lipinski definition) is 1. The van der Waals surface area contributed by atoms with Gasteiger partial charge in [-0.1, -0.05) is 62.0 Å². The number of alkyl halides is 3. The van der Waals surface area contributed by atoms with Crippen LogP contribution in [-0.4, -0.2) is 44.6 Å². The van der Waals surface area contributed by atoms with Gasteiger partial charge in [-0.15, -0.1) is 18.3 Å². The molecule has 0 saturated carbocycles. The SMILES string of the molecule is Cc1ccc(C(C)C)c(N2CCCS/C2=N\C(=O)NC(C#N)c2ccc(-c3ncn(-c4ccc(OC(F)(F)F)cc4)n3)cc2)c1. The number of halogens is 3. The fourth-order valence-electron chi connectivity index (χ4n) is 4.83. The lowest BCUT2D eigenvalue weighted by molar-refractivity contribution is -0.274. The Morgan fingerprint density at radius 3 is 2.51 bits per heavy atom. The number of amides is 2. The zero-order valence-corrected chi connectivity index (χ0v) is 25.6. The molecule has 1 fully saturated rings. The van der Waals surface area contributed by atoms with Gasteiger partial charge in [-0.05, 0) is 66.3 Å². The number of thioether (sulfide) groups is 1. The number of ether oxygens (including phenoxy) is 1. The molecular formula is C32H30F3N7O2S. The van der Waals surface area contributed by atoms with Gasteiger partial charge < -0.3 is 15.0 Å². The van der Waals surface area contributed by atoms with Gasteiger partial charge in [0, 0.05) is 23.5 Å². The van der Waals surface area contributed by atoms with Gasteiger partial charge in [-0.2, -0.15) is 10.3 Å². The second-order valence-corrected chi connectivity index (χ2v) is 11.7. The van der Waals surface area contributed by atoms with Gasteiger partial charge >= 0.3 is 12.4 Å². The molecule has 232 valence electrons. The molecule has 45 heavy (non-hydrogen) atoms. The zero-order valence-electron chi connectivity index (χ0n) is 24.7. The Morgan fingerprint density at radius 1 is 1.11 bits per heavy atom. The topological polar surface area (TPSA) is 108 Å². The Balaban J connectivity index is 1.28. The largest absolute Gasteiger partial charge is 0.573 e. The molecular weight excluding hydrogens is 603 g/mol. The number of carbonyl (C=O) groups is 1. The van der Waals surface area contributed by atoms with Crippen molar-refractivity contribution in [1.29, 1.82) is 5.26 Å². The maximum absolute atomic E-state index is 13.1. The molecule has 1 saturated heterocycles. The molecule has 1 aromatic heterocycles. The minimum atomic E-state index is -4.77. The number of carbonyl (C=O) groups excluding carboxylic acids is 1. The summed E-state index contributed by atoms with van der Waals surface area (Å²) in [6.45, 7) is 7.06. The molecule has 1 atom stereocenters. The maximum atomic E-state index is 13.1. The fourth-order valence-corrected chi connectivity index (χ4v) is 5.78. The highest BCUT2D eigenvalue weighted by molar-refractivity contribution is 8.14. The van der Waals surface area contributed by atoms with Crippen molar-refractivity contribution in [2.45, 2.75) is 45.5 Å². The van der Waals surface area contributed by atoms with E-state index in [1.54, 1.807) is 24.3 Å². The van der Waals surface area contributed by atoms with Crippen molar-refractivity contribution in [3.8, 4) is 28.9 Å². The van der Waals surface area contributed by atoms with E-state index in [1.165, 1.54) is 52.6 Å². The first kappa shape index (κ1) is 31.6. The number of aryl methyl sites for hydroxylation is 1. The number of nitrogens with zero attached hydrogens (tertiary/aromatic N) is 6. The number of urea groups is 1. The quantitative estimate of drug-likeness (QED) is 0.224. The number of hydrogen-bond acceptors (Lipinski definition) is 6. The highest BCUT2D eigenvalue weighted by atomic mass is 32.2. The predicted octanol–water partition coefficient (Wildman–Crippen LogP) is 7.54. The monoisotopic (exact) mass is 633 g/mol. The Hall–Kier alpha value is -4.83. The maximum Gasteiger partial charge on any atom is 0.573 e. The zero-order chi connectivity index (χ0) is 32.1. The Labute approximate surface area is 262 Å². The summed E-state index contributed by atoms with van der Waals surface area (Å²) in [6, 6.07) is 19.0. The highest BCUT2D eigenvalue weighted by Crippen LogP contribution is 2.33. The molecule has 1 aliphatic rings. The number of anilines is 1. The second-order valence-electron chi connectivity index (χ2n) is 10.7. The number of nitriles is 1. The van der Waals surface area contributed by atoms with Crippen LogP contribution in [-0.2, 0) is 0 Å². The molecule has 3 aromatic carbocycles. The second kappa shape index (κ2) is 13.4. The molecule has 0 bridgehead atoms. The van der Waals surface area contributed by atoms with Gasteiger partial charge in [0.15, 0.2) is 11.0 Å². The van der Waals surface area contributed by atoms with Crippen molar-refractivity contribution >= 4 is 28.6 Å². The smallest absolute Gasteiger partial charge is 0.406 e. The lowest BCUT2D eigenvalue weighted by Crippen LogP contribution is -2.37. The van der Waals surface area contributed by atoms with E-state index in [0.717, 1.165) is 30.0 Å². The number of aromatic nitrogens is 3. The lowest BCUT2D eigenvalue weighted by Gasteiger charge is -2.32. The summed E-state index contributed by atoms with van der Waals surface area (Å²) in [6.07, 6.45) is -2.38. The Kier molecular flexibility index (Phi) is 9.43. The van der Waals surface area contributed by atoms with Crippen LogP contribution < -0.4 is 15.0 Å². The van der Waals surface area contributed by atoms with E-state index in [1.807, 2.05) is 6.92 Å². The summed E-state index contributed by atoms with van der Waals surface area (Å²) in [5, 5.41) is 17.6. The summed E-state index contributed by atoms with van der Waals surface area (Å²) >= 11 is 1.52. The third-order valence-electron chi connectivity index (χ3n) is 7.01. The molecule has 9 nitrogen and oxygen atoms in total. The molecule has 5 rings (SSSR count). The number of nitrogens with one attached hydrogen (secondary N) is 1. The standard InChI is InChI=1S/C32H30F3N7O2S/c1-20(2)26-14-5-21(3)17-28(26)41-15-4-16-45-31(41)39-30(43)38-27(18-36)22-6-8-23(9-7-22)29-37-19-42(40-29)24-10-12-25(13-11-24)44-32(33,34)35/h5-14,17,19-20,27H,4,15-16H2,1-3H3,(H,38,43)/b39-31-. The van der Waals surface area contributed by atoms with Gasteiger partial charge in [0.2, 0.25) is 0 Å². The molecule has 2 heterocycles. The first-order valence-corrected chi connectivity index (χ1v) is 15.2. The van der Waals surface area contributed by atoms with Crippen LogP contribution in [0.5, 0.6) is 5.75 Å². The minimum Gasteiger partial charge on any atom is -0.406 e. The van der Waals surface area contributed by atoms with Crippen LogP contribution in [0, 0.1) is 18.3 Å². The van der Waals surface area contributed by atoms with Gasteiger partial charge in [0.05, 0.1) is 11.8 Å². The molecule has 1 unspecified atom stereocenters. The Morgan fingerprint density at radius 2 is 1.84 bits per heavy atom. The predicted molar refractivity (Wildman–Crippen MR) is 167 cm³/mol. The normalized spacial score (nSPS) is 15.2. The van der Waals surface area contributed by atoms with E-state index in [0.29, 0.717) is 33.7 Å². The van der Waals surface area contributed by atoms with Crippen molar-refractivity contribution < 1.29 is 22.7 Å². The summed E-state index contributed by atoms with van der Waals surface area (Å²) in [7, 11) is 0. The average Bonchev–Trinajstić information content (AvgIpc) is 3.50. The van der Waals surface area contributed by atoms with Crippen molar-refractivity contribution in [3.63, 3.8) is 0 Å². The summed E-state index contributed by atoms with van der Waals surface area (Å²) in [5.74, 6) is 1.17. The first-order chi connectivity index (χ1) is 21.5. The Bertz CT molecular complexity index is 1730. The molecule has 0 spiro atoms. The van der Waals surface area contributed by atoms with Gasteiger partial charge in [0.25, 0.3) is 0 Å². The van der Waals surface area contributed by atoms with Crippen molar-refractivity contribution in [2.75, 3.05) is 17.2 Å². The van der Waals surface area contributed by atoms with Gasteiger partial charge in [-0.25, -0.2) is 14.5 Å². The first-order valence-electron chi connectivity index (χ1n) is 14.2. The minimum absolute atomic E-state index is 0.297. The van der Waals surface area contributed by atoms with E-state index in [9.17, 15) is 23.2 Å². The number of rotatable bonds is 7. The van der Waals surface area contributed by atoms with Crippen LogP contribution in [0.1, 0.15) is 48.9 Å². The van der Waals surface area contributed by atoms with Crippen LogP contribution in [0.4, 0.5) is 23.7 Å². The third-order valence-corrected chi connectivity index (χ3v) is 8.07. The van der Waals surface area contributed by atoms with Crippen LogP contribution in [0.3, 0.4) is 0 Å². The summed E-state index contributed by atoms with van der Waals surface area (Å²) < 4.78 is 42.6. The fraction of sp³-hybridized carbons (Fsp3) is 0.281. The van der Waals surface area contributed by atoms with Crippen molar-refractivity contribution in [1.82, 2.24) is 20.1 Å². The van der Waals surface area contributed by atoms with Crippen molar-refractivity contribution in [2.24, 2.45) is 4.99 Å². The molecule has 13 heteroatoms. The van der Waals surface area contributed by atoms with E-state index < -0.39 is 18.4 Å². The van der Waals surface area contributed by atoms with Crippen LogP contribution in [0.25, 0.3) is 17.1 Å². The average molecular weight is 634 g/mol. The highest BCUT2D eigenvalue weighted by Gasteiger charge is 2.31. The van der Waals surface area contributed by atoms with Crippen molar-refractivity contribution in [3.05, 3.63) is 89.7 Å². The van der Waals surface area contributed by atoms with E-state index in [-0.39, 0.29) is 5.75 Å². The lowest BCUT2D eigenvalue weighted by atomic mass is 9.98. The van der Waals surface area contributed by atoms with Crippen LogP contribution >= 0.6 is 11.8 Å². The van der Waals surface area contributed by atoms with Crippen LogP contribution in [0.15, 0.2) is 78.0 Å². The molecule has 1 aliphatic heterocycles. The molecule has 4 aromatic rings. The van der Waals surface area contributed by atoms with E-state index in [4.69, 9.17) is 0 Å². The number of amidine groups is 1. The molecule has 0 radical (unpaired) electrons. The summed E-state index contributed by atoms with van der Waals surface area (Å²) in [4.78, 5) is 23.8. The third kappa shape index (κ3) is 7.82. The van der Waals surface area contributed by atoms with E-state index in [2.05, 4.69) is 68.1 Å². The van der Waals surface area contributed by atoms with Gasteiger partial charge in [0.1, 0.15) is 18.1 Å². The van der Waals surface area contributed by atoms with Crippen LogP contribution in [0.2, 0.25) is 0 Å².